The van der Waals surface area contributed by atoms with E-state index in [1.807, 2.05) is 23.1 Å². The molecule has 5 nitrogen and oxygen atoms in total. The zero-order valence-electron chi connectivity index (χ0n) is 14.0. The van der Waals surface area contributed by atoms with Crippen molar-refractivity contribution in [3.8, 4) is 11.5 Å². The molecule has 23 heavy (non-hydrogen) atoms. The van der Waals surface area contributed by atoms with E-state index in [0.29, 0.717) is 17.9 Å². The van der Waals surface area contributed by atoms with Crippen LogP contribution in [0.15, 0.2) is 18.2 Å². The van der Waals surface area contributed by atoms with Gasteiger partial charge in [0.25, 0.3) is 0 Å². The normalized spacial score (nSPS) is 18.8. The summed E-state index contributed by atoms with van der Waals surface area (Å²) in [5.41, 5.74) is 1.10. The van der Waals surface area contributed by atoms with E-state index in [1.165, 1.54) is 0 Å². The van der Waals surface area contributed by atoms with Crippen LogP contribution in [0.25, 0.3) is 0 Å². The van der Waals surface area contributed by atoms with Gasteiger partial charge in [0.1, 0.15) is 11.5 Å². The number of nitrogens with zero attached hydrogens (tertiary/aromatic N) is 1. The van der Waals surface area contributed by atoms with Crippen molar-refractivity contribution in [1.82, 2.24) is 10.2 Å². The molecule has 0 atom stereocenters. The summed E-state index contributed by atoms with van der Waals surface area (Å²) in [5.74, 6) is 2.42. The van der Waals surface area contributed by atoms with Crippen molar-refractivity contribution in [2.24, 2.45) is 5.92 Å². The number of benzene rings is 1. The maximum Gasteiger partial charge on any atom is 0.225 e. The lowest BCUT2D eigenvalue weighted by Crippen LogP contribution is -2.45. The number of hydrogen-bond acceptors (Lipinski definition) is 4. The lowest BCUT2D eigenvalue weighted by Gasteiger charge is -2.32. The first-order valence-corrected chi connectivity index (χ1v) is 8.44. The Morgan fingerprint density at radius 2 is 1.91 bits per heavy atom. The Balaban J connectivity index is 1.50. The van der Waals surface area contributed by atoms with E-state index in [0.717, 1.165) is 62.4 Å². The number of carbonyl (C=O) groups is 1. The smallest absolute Gasteiger partial charge is 0.225 e. The molecule has 1 saturated heterocycles. The summed E-state index contributed by atoms with van der Waals surface area (Å²) in [6.07, 6.45) is 4.22. The summed E-state index contributed by atoms with van der Waals surface area (Å²) < 4.78 is 10.7. The summed E-state index contributed by atoms with van der Waals surface area (Å²) in [7, 11) is 3.36. The number of piperidine rings is 1. The SMILES string of the molecule is COc1ccc(OC)c(CNC2CCN(C(=O)C3CC3)CC2)c1. The lowest BCUT2D eigenvalue weighted by atomic mass is 10.0. The van der Waals surface area contributed by atoms with Crippen LogP contribution >= 0.6 is 0 Å². The highest BCUT2D eigenvalue weighted by atomic mass is 16.5. The predicted octanol–water partition coefficient (Wildman–Crippen LogP) is 2.19. The van der Waals surface area contributed by atoms with Gasteiger partial charge in [0, 0.05) is 37.2 Å². The highest BCUT2D eigenvalue weighted by molar-refractivity contribution is 5.81. The number of nitrogens with one attached hydrogen (secondary N) is 1. The van der Waals surface area contributed by atoms with Crippen molar-refractivity contribution in [1.29, 1.82) is 0 Å². The van der Waals surface area contributed by atoms with Gasteiger partial charge in [-0.1, -0.05) is 0 Å². The third-order valence-corrected chi connectivity index (χ3v) is 4.80. The molecule has 5 heteroatoms. The summed E-state index contributed by atoms with van der Waals surface area (Å²) >= 11 is 0. The second kappa shape index (κ2) is 7.21. The van der Waals surface area contributed by atoms with Gasteiger partial charge < -0.3 is 19.7 Å². The molecular weight excluding hydrogens is 292 g/mol. The van der Waals surface area contributed by atoms with Crippen molar-refractivity contribution in [2.45, 2.75) is 38.3 Å². The zero-order valence-corrected chi connectivity index (χ0v) is 14.0. The second-order valence-electron chi connectivity index (χ2n) is 6.43. The molecule has 1 saturated carbocycles. The van der Waals surface area contributed by atoms with Crippen LogP contribution in [0.2, 0.25) is 0 Å². The largest absolute Gasteiger partial charge is 0.497 e. The van der Waals surface area contributed by atoms with Crippen LogP contribution in [0.1, 0.15) is 31.2 Å². The third-order valence-electron chi connectivity index (χ3n) is 4.80. The summed E-state index contributed by atoms with van der Waals surface area (Å²) in [5, 5.41) is 3.59. The van der Waals surface area contributed by atoms with Gasteiger partial charge in [-0.25, -0.2) is 0 Å². The molecule has 0 unspecified atom stereocenters. The van der Waals surface area contributed by atoms with E-state index in [1.54, 1.807) is 14.2 Å². The summed E-state index contributed by atoms with van der Waals surface area (Å²) in [6, 6.07) is 6.31. The van der Waals surface area contributed by atoms with Crippen LogP contribution in [0.4, 0.5) is 0 Å². The zero-order chi connectivity index (χ0) is 16.2. The first kappa shape index (κ1) is 16.1. The third kappa shape index (κ3) is 3.96. The Morgan fingerprint density at radius 1 is 1.17 bits per heavy atom. The number of rotatable bonds is 6. The number of carbonyl (C=O) groups excluding carboxylic acids is 1. The minimum absolute atomic E-state index is 0.334. The Hall–Kier alpha value is -1.75. The Morgan fingerprint density at radius 3 is 2.52 bits per heavy atom. The molecule has 1 aliphatic carbocycles. The molecule has 1 aromatic carbocycles. The molecule has 1 aromatic rings. The van der Waals surface area contributed by atoms with Gasteiger partial charge in [0.05, 0.1) is 14.2 Å². The summed E-state index contributed by atoms with van der Waals surface area (Å²) in [4.78, 5) is 14.1. The van der Waals surface area contributed by atoms with Gasteiger partial charge >= 0.3 is 0 Å². The number of methoxy groups -OCH3 is 2. The minimum atomic E-state index is 0.334. The minimum Gasteiger partial charge on any atom is -0.497 e. The molecule has 1 N–H and O–H groups in total. The quantitative estimate of drug-likeness (QED) is 0.873. The van der Waals surface area contributed by atoms with Gasteiger partial charge in [0.15, 0.2) is 0 Å². The average molecular weight is 318 g/mol. The maximum atomic E-state index is 12.1. The van der Waals surface area contributed by atoms with E-state index in [4.69, 9.17) is 9.47 Å². The summed E-state index contributed by atoms with van der Waals surface area (Å²) in [6.45, 7) is 2.51. The lowest BCUT2D eigenvalue weighted by molar-refractivity contribution is -0.133. The van der Waals surface area contributed by atoms with Gasteiger partial charge in [-0.3, -0.25) is 4.79 Å². The second-order valence-corrected chi connectivity index (χ2v) is 6.43. The molecule has 1 amide bonds. The molecule has 1 heterocycles. The van der Waals surface area contributed by atoms with E-state index in [2.05, 4.69) is 5.32 Å². The predicted molar refractivity (Wildman–Crippen MR) is 88.7 cm³/mol. The van der Waals surface area contributed by atoms with Crippen molar-refractivity contribution in [3.63, 3.8) is 0 Å². The molecule has 3 rings (SSSR count). The molecule has 0 bridgehead atoms. The average Bonchev–Trinajstić information content (AvgIpc) is 3.44. The number of likely N-dealkylation sites (tertiary alicyclic amines) is 1. The van der Waals surface area contributed by atoms with Crippen molar-refractivity contribution >= 4 is 5.91 Å². The fourth-order valence-corrected chi connectivity index (χ4v) is 3.17. The molecule has 2 fully saturated rings. The molecular formula is C18H26N2O3. The Labute approximate surface area is 137 Å². The van der Waals surface area contributed by atoms with Gasteiger partial charge in [-0.05, 0) is 43.9 Å². The maximum absolute atomic E-state index is 12.1. The highest BCUT2D eigenvalue weighted by Gasteiger charge is 2.34. The number of ether oxygens (including phenoxy) is 2. The van der Waals surface area contributed by atoms with Crippen LogP contribution < -0.4 is 14.8 Å². The fourth-order valence-electron chi connectivity index (χ4n) is 3.17. The van der Waals surface area contributed by atoms with Crippen LogP contribution in [-0.4, -0.2) is 44.2 Å². The monoisotopic (exact) mass is 318 g/mol. The van der Waals surface area contributed by atoms with E-state index < -0.39 is 0 Å². The van der Waals surface area contributed by atoms with Gasteiger partial charge in [-0.15, -0.1) is 0 Å². The van der Waals surface area contributed by atoms with Crippen molar-refractivity contribution in [2.75, 3.05) is 27.3 Å². The molecule has 1 aliphatic heterocycles. The van der Waals surface area contributed by atoms with Gasteiger partial charge in [-0.2, -0.15) is 0 Å². The van der Waals surface area contributed by atoms with E-state index >= 15 is 0 Å². The molecule has 0 radical (unpaired) electrons. The number of hydrogen-bond donors (Lipinski definition) is 1. The molecule has 0 spiro atoms. The fraction of sp³-hybridized carbons (Fsp3) is 0.611. The standard InChI is InChI=1S/C18H26N2O3/c1-22-16-5-6-17(23-2)14(11-16)12-19-15-7-9-20(10-8-15)18(21)13-3-4-13/h5-6,11,13,15,19H,3-4,7-10,12H2,1-2H3. The van der Waals surface area contributed by atoms with Crippen LogP contribution in [0, 0.1) is 5.92 Å². The Bertz CT molecular complexity index is 549. The molecule has 2 aliphatic rings. The van der Waals surface area contributed by atoms with Crippen molar-refractivity contribution in [3.05, 3.63) is 23.8 Å². The first-order chi connectivity index (χ1) is 11.2. The van der Waals surface area contributed by atoms with Crippen molar-refractivity contribution < 1.29 is 14.3 Å². The van der Waals surface area contributed by atoms with Crippen LogP contribution in [-0.2, 0) is 11.3 Å². The highest BCUT2D eigenvalue weighted by Crippen LogP contribution is 2.32. The van der Waals surface area contributed by atoms with E-state index in [9.17, 15) is 4.79 Å². The first-order valence-electron chi connectivity index (χ1n) is 8.44. The molecule has 0 aromatic heterocycles. The Kier molecular flexibility index (Phi) is 5.06. The van der Waals surface area contributed by atoms with Crippen LogP contribution in [0.5, 0.6) is 11.5 Å². The topological polar surface area (TPSA) is 50.8 Å². The molecule has 126 valence electrons. The van der Waals surface area contributed by atoms with E-state index in [-0.39, 0.29) is 0 Å². The number of amides is 1. The van der Waals surface area contributed by atoms with Gasteiger partial charge in [0.2, 0.25) is 5.91 Å². The van der Waals surface area contributed by atoms with Crippen LogP contribution in [0.3, 0.4) is 0 Å².